The smallest absolute Gasteiger partial charge is 0.278 e. The van der Waals surface area contributed by atoms with Crippen LogP contribution in [0.5, 0.6) is 0 Å². The van der Waals surface area contributed by atoms with Crippen molar-refractivity contribution in [2.45, 2.75) is 26.4 Å². The molecule has 0 atom stereocenters. The van der Waals surface area contributed by atoms with E-state index in [9.17, 15) is 18.8 Å². The first-order valence-corrected chi connectivity index (χ1v) is 10.2. The maximum absolute atomic E-state index is 14.0. The Morgan fingerprint density at radius 2 is 1.82 bits per heavy atom. The molecule has 3 N–H and O–H groups in total. The van der Waals surface area contributed by atoms with Gasteiger partial charge >= 0.3 is 0 Å². The number of hydrogen-bond acceptors (Lipinski definition) is 6. The second-order valence-corrected chi connectivity index (χ2v) is 7.74. The van der Waals surface area contributed by atoms with Crippen molar-refractivity contribution in [1.82, 2.24) is 14.5 Å². The zero-order valence-corrected chi connectivity index (χ0v) is 17.9. The molecule has 0 saturated heterocycles. The third kappa shape index (κ3) is 4.11. The van der Waals surface area contributed by atoms with Crippen molar-refractivity contribution in [3.05, 3.63) is 81.6 Å². The number of halogens is 2. The summed E-state index contributed by atoms with van der Waals surface area (Å²) in [7, 11) is 0. The van der Waals surface area contributed by atoms with Gasteiger partial charge in [0.15, 0.2) is 5.65 Å². The first kappa shape index (κ1) is 21.9. The lowest BCUT2D eigenvalue weighted by Crippen LogP contribution is -2.26. The lowest BCUT2D eigenvalue weighted by atomic mass is 10.1. The normalized spacial score (nSPS) is 11.0. The Morgan fingerprint density at radius 3 is 2.48 bits per heavy atom. The first-order valence-electron chi connectivity index (χ1n) is 10.2. The number of rotatable bonds is 5. The van der Waals surface area contributed by atoms with Crippen LogP contribution in [0.2, 0.25) is 0 Å². The second-order valence-electron chi connectivity index (χ2n) is 7.74. The molecule has 33 heavy (non-hydrogen) atoms. The van der Waals surface area contributed by atoms with Crippen LogP contribution in [0.25, 0.3) is 22.4 Å². The van der Waals surface area contributed by atoms with Crippen molar-refractivity contribution in [3.63, 3.8) is 0 Å². The number of hydrogen-bond donors (Lipinski definition) is 2. The van der Waals surface area contributed by atoms with E-state index >= 15 is 0 Å². The molecule has 0 bridgehead atoms. The van der Waals surface area contributed by atoms with E-state index in [1.807, 2.05) is 13.8 Å². The summed E-state index contributed by atoms with van der Waals surface area (Å²) in [6.07, 6.45) is 0. The third-order valence-corrected chi connectivity index (χ3v) is 5.17. The molecule has 0 fully saturated rings. The summed E-state index contributed by atoms with van der Waals surface area (Å²) in [6, 6.07) is 13.5. The molecule has 0 unspecified atom stereocenters. The Balaban J connectivity index is 1.84. The molecule has 0 aliphatic carbocycles. The molecular weight excluding hydrogens is 426 g/mol. The lowest BCUT2D eigenvalue weighted by molar-refractivity contribution is 0.560. The van der Waals surface area contributed by atoms with Gasteiger partial charge in [-0.25, -0.2) is 18.7 Å². The van der Waals surface area contributed by atoms with E-state index in [4.69, 9.17) is 5.73 Å². The van der Waals surface area contributed by atoms with Gasteiger partial charge in [0.05, 0.1) is 17.3 Å². The number of nitrogens with zero attached hydrogens (tertiary/aromatic N) is 4. The Labute approximate surface area is 188 Å². The molecule has 0 saturated carbocycles. The Bertz CT molecular complexity index is 1450. The number of benzene rings is 2. The average Bonchev–Trinajstić information content (AvgIpc) is 2.78. The monoisotopic (exact) mass is 446 g/mol. The Kier molecular flexibility index (Phi) is 5.75. The van der Waals surface area contributed by atoms with Gasteiger partial charge in [0, 0.05) is 29.8 Å². The fourth-order valence-electron chi connectivity index (χ4n) is 3.57. The SMILES string of the molecule is CC(C)n1c(=O)c(-c2cccc(C#N)c2)nc2c(N)cc(NCc3c(F)cccc3F)nc21. The van der Waals surface area contributed by atoms with E-state index in [-0.39, 0.29) is 41.0 Å². The van der Waals surface area contributed by atoms with Gasteiger partial charge in [-0.05, 0) is 38.1 Å². The summed E-state index contributed by atoms with van der Waals surface area (Å²) < 4.78 is 29.4. The zero-order valence-electron chi connectivity index (χ0n) is 17.9. The predicted octanol–water partition coefficient (Wildman–Crippen LogP) is 4.38. The standard InChI is InChI=1S/C24H20F2N6O/c1-13(2)32-23-22(31-21(24(32)33)15-6-3-5-14(9-15)11-27)19(28)10-20(30-23)29-12-16-17(25)7-4-8-18(16)26/h3-10,13H,12H2,1-2H3,(H3,28,29,30). The zero-order chi connectivity index (χ0) is 23.7. The number of nitriles is 1. The average molecular weight is 446 g/mol. The van der Waals surface area contributed by atoms with E-state index in [2.05, 4.69) is 21.4 Å². The van der Waals surface area contributed by atoms with E-state index in [1.54, 1.807) is 24.3 Å². The highest BCUT2D eigenvalue weighted by Gasteiger charge is 2.19. The van der Waals surface area contributed by atoms with Crippen LogP contribution < -0.4 is 16.6 Å². The third-order valence-electron chi connectivity index (χ3n) is 5.17. The number of nitrogens with two attached hydrogens (primary N) is 1. The number of nitrogens with one attached hydrogen (secondary N) is 1. The number of pyridine rings is 1. The summed E-state index contributed by atoms with van der Waals surface area (Å²) in [5.74, 6) is -1.11. The van der Waals surface area contributed by atoms with Crippen molar-refractivity contribution in [2.24, 2.45) is 0 Å². The molecule has 0 radical (unpaired) electrons. The van der Waals surface area contributed by atoms with Crippen LogP contribution >= 0.6 is 0 Å². The van der Waals surface area contributed by atoms with Gasteiger partial charge in [-0.1, -0.05) is 18.2 Å². The molecule has 2 aromatic carbocycles. The molecule has 2 heterocycles. The van der Waals surface area contributed by atoms with Crippen molar-refractivity contribution in [2.75, 3.05) is 11.1 Å². The van der Waals surface area contributed by atoms with Gasteiger partial charge in [0.25, 0.3) is 5.56 Å². The van der Waals surface area contributed by atoms with Crippen molar-refractivity contribution >= 4 is 22.7 Å². The summed E-state index contributed by atoms with van der Waals surface area (Å²) in [5.41, 5.74) is 7.55. The molecule has 0 aliphatic heterocycles. The molecule has 0 aliphatic rings. The van der Waals surface area contributed by atoms with Crippen LogP contribution in [-0.4, -0.2) is 14.5 Å². The fraction of sp³-hybridized carbons (Fsp3) is 0.167. The molecule has 0 amide bonds. The van der Waals surface area contributed by atoms with Gasteiger partial charge in [-0.3, -0.25) is 9.36 Å². The highest BCUT2D eigenvalue weighted by molar-refractivity contribution is 5.87. The number of aromatic nitrogens is 3. The summed E-state index contributed by atoms with van der Waals surface area (Å²) in [6.45, 7) is 3.49. The maximum Gasteiger partial charge on any atom is 0.278 e. The predicted molar refractivity (Wildman–Crippen MR) is 122 cm³/mol. The summed E-state index contributed by atoms with van der Waals surface area (Å²) in [5, 5.41) is 12.1. The van der Waals surface area contributed by atoms with E-state index < -0.39 is 17.2 Å². The van der Waals surface area contributed by atoms with E-state index in [0.29, 0.717) is 16.6 Å². The van der Waals surface area contributed by atoms with Crippen LogP contribution in [-0.2, 0) is 6.54 Å². The lowest BCUT2D eigenvalue weighted by Gasteiger charge is -2.17. The minimum Gasteiger partial charge on any atom is -0.397 e. The van der Waals surface area contributed by atoms with Crippen LogP contribution in [0.3, 0.4) is 0 Å². The van der Waals surface area contributed by atoms with Gasteiger partial charge in [0.2, 0.25) is 0 Å². The van der Waals surface area contributed by atoms with Gasteiger partial charge in [-0.15, -0.1) is 0 Å². The summed E-state index contributed by atoms with van der Waals surface area (Å²) >= 11 is 0. The topological polar surface area (TPSA) is 110 Å². The van der Waals surface area contributed by atoms with Crippen LogP contribution in [0.4, 0.5) is 20.3 Å². The molecule has 7 nitrogen and oxygen atoms in total. The molecule has 0 spiro atoms. The summed E-state index contributed by atoms with van der Waals surface area (Å²) in [4.78, 5) is 22.3. The molecule has 4 rings (SSSR count). The van der Waals surface area contributed by atoms with Crippen LogP contribution in [0, 0.1) is 23.0 Å². The minimum atomic E-state index is -0.679. The quantitative estimate of drug-likeness (QED) is 0.471. The molecule has 2 aromatic heterocycles. The van der Waals surface area contributed by atoms with Crippen molar-refractivity contribution in [1.29, 1.82) is 5.26 Å². The molecule has 166 valence electrons. The van der Waals surface area contributed by atoms with Crippen molar-refractivity contribution < 1.29 is 8.78 Å². The largest absolute Gasteiger partial charge is 0.397 e. The van der Waals surface area contributed by atoms with E-state index in [1.165, 1.54) is 28.8 Å². The first-order chi connectivity index (χ1) is 15.8. The van der Waals surface area contributed by atoms with Crippen molar-refractivity contribution in [3.8, 4) is 17.3 Å². The maximum atomic E-state index is 14.0. The highest BCUT2D eigenvalue weighted by Crippen LogP contribution is 2.26. The van der Waals surface area contributed by atoms with Gasteiger partial charge in [0.1, 0.15) is 28.7 Å². The second kappa shape index (κ2) is 8.67. The van der Waals surface area contributed by atoms with E-state index in [0.717, 1.165) is 0 Å². The fourth-order valence-corrected chi connectivity index (χ4v) is 3.57. The minimum absolute atomic E-state index is 0.134. The Morgan fingerprint density at radius 1 is 1.12 bits per heavy atom. The van der Waals surface area contributed by atoms with Gasteiger partial charge < -0.3 is 11.1 Å². The number of fused-ring (bicyclic) bond motifs is 1. The molecule has 4 aromatic rings. The number of nitrogen functional groups attached to an aromatic ring is 1. The number of anilines is 2. The Hall–Kier alpha value is -4.32. The van der Waals surface area contributed by atoms with Gasteiger partial charge in [-0.2, -0.15) is 5.26 Å². The molecular formula is C24H20F2N6O. The molecule has 9 heteroatoms. The van der Waals surface area contributed by atoms with Crippen LogP contribution in [0.15, 0.2) is 53.3 Å². The highest BCUT2D eigenvalue weighted by atomic mass is 19.1. The van der Waals surface area contributed by atoms with Crippen LogP contribution in [0.1, 0.15) is 31.0 Å².